The van der Waals surface area contributed by atoms with Gasteiger partial charge in [-0.25, -0.2) is 5.43 Å². The molecule has 0 atom stereocenters. The number of nitrogens with zero attached hydrogens (tertiary/aromatic N) is 2. The van der Waals surface area contributed by atoms with Crippen molar-refractivity contribution < 1.29 is 23.6 Å². The smallest absolute Gasteiger partial charge is 0.281 e. The number of nitro groups is 1. The van der Waals surface area contributed by atoms with E-state index in [0.29, 0.717) is 17.1 Å². The maximum Gasteiger partial charge on any atom is 0.281 e. The minimum atomic E-state index is -0.542. The van der Waals surface area contributed by atoms with Crippen molar-refractivity contribution in [2.45, 2.75) is 0 Å². The zero-order valence-corrected chi connectivity index (χ0v) is 16.7. The Morgan fingerprint density at radius 1 is 1.13 bits per heavy atom. The normalized spacial score (nSPS) is 10.8. The molecule has 30 heavy (non-hydrogen) atoms. The van der Waals surface area contributed by atoms with Crippen LogP contribution in [0.2, 0.25) is 5.02 Å². The van der Waals surface area contributed by atoms with Crippen LogP contribution in [0.25, 0.3) is 11.3 Å². The summed E-state index contributed by atoms with van der Waals surface area (Å²) in [5.74, 6) is 0.998. The Hall–Kier alpha value is -3.85. The Bertz CT molecular complexity index is 1100. The number of halogens is 1. The summed E-state index contributed by atoms with van der Waals surface area (Å²) in [7, 11) is 2.96. The average Bonchev–Trinajstić information content (AvgIpc) is 3.21. The molecule has 0 spiro atoms. The lowest BCUT2D eigenvalue weighted by atomic mass is 10.1. The van der Waals surface area contributed by atoms with Gasteiger partial charge in [-0.15, -0.1) is 0 Å². The van der Waals surface area contributed by atoms with Gasteiger partial charge in [-0.3, -0.25) is 14.9 Å². The minimum Gasteiger partial charge on any atom is -0.497 e. The minimum absolute atomic E-state index is 0.180. The van der Waals surface area contributed by atoms with Gasteiger partial charge in [0.25, 0.3) is 11.6 Å². The Morgan fingerprint density at radius 2 is 1.83 bits per heavy atom. The van der Waals surface area contributed by atoms with E-state index in [1.54, 1.807) is 18.2 Å². The van der Waals surface area contributed by atoms with Gasteiger partial charge in [0.15, 0.2) is 0 Å². The van der Waals surface area contributed by atoms with Crippen molar-refractivity contribution in [3.05, 3.63) is 75.0 Å². The van der Waals surface area contributed by atoms with Crippen LogP contribution in [0, 0.1) is 10.1 Å². The lowest BCUT2D eigenvalue weighted by molar-refractivity contribution is -0.384. The Kier molecular flexibility index (Phi) is 6.33. The molecule has 0 radical (unpaired) electrons. The van der Waals surface area contributed by atoms with E-state index >= 15 is 0 Å². The third-order valence-corrected chi connectivity index (χ3v) is 4.26. The molecule has 154 valence electrons. The molecule has 0 fully saturated rings. The Morgan fingerprint density at radius 3 is 2.47 bits per heavy atom. The highest BCUT2D eigenvalue weighted by Gasteiger charge is 2.18. The molecule has 0 saturated carbocycles. The molecule has 1 aromatic heterocycles. The maximum absolute atomic E-state index is 12.3. The van der Waals surface area contributed by atoms with Crippen molar-refractivity contribution in [1.82, 2.24) is 5.43 Å². The molecule has 3 aromatic rings. The highest BCUT2D eigenvalue weighted by molar-refractivity contribution is 6.30. The van der Waals surface area contributed by atoms with Crippen LogP contribution in [0.5, 0.6) is 11.5 Å². The first kappa shape index (κ1) is 20.9. The first-order valence-electron chi connectivity index (χ1n) is 8.52. The first-order valence-corrected chi connectivity index (χ1v) is 8.89. The second-order valence-corrected chi connectivity index (χ2v) is 6.36. The predicted molar refractivity (Wildman–Crippen MR) is 110 cm³/mol. The van der Waals surface area contributed by atoms with Gasteiger partial charge >= 0.3 is 0 Å². The van der Waals surface area contributed by atoms with Crippen LogP contribution in [0.15, 0.2) is 58.0 Å². The number of methoxy groups -OCH3 is 2. The van der Waals surface area contributed by atoms with Gasteiger partial charge < -0.3 is 13.9 Å². The van der Waals surface area contributed by atoms with E-state index in [-0.39, 0.29) is 27.8 Å². The topological polar surface area (TPSA) is 116 Å². The van der Waals surface area contributed by atoms with E-state index in [1.165, 1.54) is 50.8 Å². The van der Waals surface area contributed by atoms with E-state index in [0.717, 1.165) is 0 Å². The summed E-state index contributed by atoms with van der Waals surface area (Å²) < 4.78 is 15.8. The lowest BCUT2D eigenvalue weighted by Crippen LogP contribution is -2.17. The molecule has 9 nitrogen and oxygen atoms in total. The Labute approximate surface area is 176 Å². The number of ether oxygens (including phenoxy) is 2. The van der Waals surface area contributed by atoms with Gasteiger partial charge in [0.05, 0.1) is 30.9 Å². The number of carbonyl (C=O) groups excluding carboxylic acids is 1. The van der Waals surface area contributed by atoms with Gasteiger partial charge in [-0.05, 0) is 36.4 Å². The maximum atomic E-state index is 12.3. The molecule has 0 unspecified atom stereocenters. The molecule has 0 aliphatic rings. The summed E-state index contributed by atoms with van der Waals surface area (Å²) >= 11 is 5.83. The molecule has 0 aliphatic carbocycles. The summed E-state index contributed by atoms with van der Waals surface area (Å²) in [5.41, 5.74) is 2.76. The van der Waals surface area contributed by atoms with Crippen LogP contribution in [0.3, 0.4) is 0 Å². The summed E-state index contributed by atoms with van der Waals surface area (Å²) in [6.07, 6.45) is 1.28. The number of benzene rings is 2. The number of rotatable bonds is 7. The molecule has 1 amide bonds. The fourth-order valence-electron chi connectivity index (χ4n) is 2.59. The van der Waals surface area contributed by atoms with Crippen molar-refractivity contribution in [3.8, 4) is 22.8 Å². The highest BCUT2D eigenvalue weighted by atomic mass is 35.5. The average molecular weight is 430 g/mol. The number of furan rings is 1. The number of hydrazone groups is 1. The largest absolute Gasteiger partial charge is 0.497 e. The van der Waals surface area contributed by atoms with Crippen LogP contribution in [0.4, 0.5) is 5.69 Å². The van der Waals surface area contributed by atoms with Gasteiger partial charge in [0.1, 0.15) is 23.0 Å². The van der Waals surface area contributed by atoms with Gasteiger partial charge in [-0.2, -0.15) is 5.10 Å². The quantitative estimate of drug-likeness (QED) is 0.340. The molecule has 0 aliphatic heterocycles. The summed E-state index contributed by atoms with van der Waals surface area (Å²) in [6, 6.07) is 12.1. The number of nitro benzene ring substituents is 1. The summed E-state index contributed by atoms with van der Waals surface area (Å²) in [6.45, 7) is 0. The number of hydrogen-bond acceptors (Lipinski definition) is 7. The predicted octanol–water partition coefficient (Wildman–Crippen LogP) is 4.29. The standard InChI is InChI=1S/C20H16ClN3O6/c1-28-15-7-12(8-16(10-15)29-2)20(25)23-22-11-14-4-6-19(30-14)17-5-3-13(21)9-18(17)24(26)27/h3-11H,1-2H3,(H,23,25). The second-order valence-electron chi connectivity index (χ2n) is 5.92. The third kappa shape index (κ3) is 4.76. The number of carbonyl (C=O) groups is 1. The summed E-state index contributed by atoms with van der Waals surface area (Å²) in [5, 5.41) is 15.3. The molecule has 0 bridgehead atoms. The molecular weight excluding hydrogens is 414 g/mol. The van der Waals surface area contributed by atoms with Crippen molar-refractivity contribution >= 4 is 29.4 Å². The molecule has 10 heteroatoms. The second kappa shape index (κ2) is 9.10. The van der Waals surface area contributed by atoms with Crippen molar-refractivity contribution in [1.29, 1.82) is 0 Å². The van der Waals surface area contributed by atoms with Crippen molar-refractivity contribution in [3.63, 3.8) is 0 Å². The van der Waals surface area contributed by atoms with Crippen molar-refractivity contribution in [2.24, 2.45) is 5.10 Å². The van der Waals surface area contributed by atoms with Crippen LogP contribution in [-0.2, 0) is 0 Å². The zero-order valence-electron chi connectivity index (χ0n) is 15.9. The molecule has 3 rings (SSSR count). The number of amides is 1. The van der Waals surface area contributed by atoms with Crippen LogP contribution < -0.4 is 14.9 Å². The highest BCUT2D eigenvalue weighted by Crippen LogP contribution is 2.33. The first-order chi connectivity index (χ1) is 14.4. The number of nitrogens with one attached hydrogen (secondary N) is 1. The third-order valence-electron chi connectivity index (χ3n) is 4.02. The number of hydrogen-bond donors (Lipinski definition) is 1. The SMILES string of the molecule is COc1cc(OC)cc(C(=O)NN=Cc2ccc(-c3ccc(Cl)cc3[N+](=O)[O-])o2)c1. The van der Waals surface area contributed by atoms with Crippen molar-refractivity contribution in [2.75, 3.05) is 14.2 Å². The molecule has 0 saturated heterocycles. The fraction of sp³-hybridized carbons (Fsp3) is 0.100. The van der Waals surface area contributed by atoms with E-state index < -0.39 is 10.8 Å². The monoisotopic (exact) mass is 429 g/mol. The van der Waals surface area contributed by atoms with E-state index in [4.69, 9.17) is 25.5 Å². The molecular formula is C20H16ClN3O6. The summed E-state index contributed by atoms with van der Waals surface area (Å²) in [4.78, 5) is 23.0. The lowest BCUT2D eigenvalue weighted by Gasteiger charge is -2.07. The molecule has 1 N–H and O–H groups in total. The van der Waals surface area contributed by atoms with E-state index in [2.05, 4.69) is 10.5 Å². The zero-order chi connectivity index (χ0) is 21.7. The molecule has 1 heterocycles. The van der Waals surface area contributed by atoms with Crippen LogP contribution in [0.1, 0.15) is 16.1 Å². The van der Waals surface area contributed by atoms with Crippen LogP contribution >= 0.6 is 11.6 Å². The molecule has 2 aromatic carbocycles. The van der Waals surface area contributed by atoms with Gasteiger partial charge in [0, 0.05) is 22.7 Å². The Balaban J connectivity index is 1.74. The van der Waals surface area contributed by atoms with Gasteiger partial charge in [-0.1, -0.05) is 11.6 Å². The van der Waals surface area contributed by atoms with E-state index in [9.17, 15) is 14.9 Å². The van der Waals surface area contributed by atoms with Crippen LogP contribution in [-0.4, -0.2) is 31.3 Å². The van der Waals surface area contributed by atoms with E-state index in [1.807, 2.05) is 0 Å². The van der Waals surface area contributed by atoms with Gasteiger partial charge in [0.2, 0.25) is 0 Å². The fourth-order valence-corrected chi connectivity index (χ4v) is 2.76.